The SMILES string of the molecule is Cc1cccc(NS(=O)(=O)c2ccc(NC(=O)COc3ccc(F)cc3)cc2)c1. The van der Waals surface area contributed by atoms with Crippen LogP contribution in [-0.4, -0.2) is 20.9 Å². The van der Waals surface area contributed by atoms with Gasteiger partial charge in [-0.2, -0.15) is 0 Å². The molecule has 3 rings (SSSR count). The Hall–Kier alpha value is -3.39. The number of carbonyl (C=O) groups is 1. The van der Waals surface area contributed by atoms with E-state index in [1.807, 2.05) is 13.0 Å². The summed E-state index contributed by atoms with van der Waals surface area (Å²) in [6.45, 7) is 1.61. The molecule has 3 aromatic carbocycles. The number of rotatable bonds is 7. The van der Waals surface area contributed by atoms with Crippen LogP contribution in [0.3, 0.4) is 0 Å². The maximum Gasteiger partial charge on any atom is 0.262 e. The molecule has 0 saturated carbocycles. The van der Waals surface area contributed by atoms with Gasteiger partial charge in [0.15, 0.2) is 6.61 Å². The van der Waals surface area contributed by atoms with Crippen molar-refractivity contribution >= 4 is 27.3 Å². The van der Waals surface area contributed by atoms with E-state index < -0.39 is 21.7 Å². The number of carbonyl (C=O) groups excluding carboxylic acids is 1. The highest BCUT2D eigenvalue weighted by molar-refractivity contribution is 7.92. The quantitative estimate of drug-likeness (QED) is 0.613. The monoisotopic (exact) mass is 414 g/mol. The Morgan fingerprint density at radius 2 is 1.66 bits per heavy atom. The van der Waals surface area contributed by atoms with E-state index in [1.54, 1.807) is 18.2 Å². The van der Waals surface area contributed by atoms with Crippen LogP contribution in [0.5, 0.6) is 5.75 Å². The van der Waals surface area contributed by atoms with Gasteiger partial charge < -0.3 is 10.1 Å². The molecule has 6 nitrogen and oxygen atoms in total. The van der Waals surface area contributed by atoms with E-state index in [0.29, 0.717) is 17.1 Å². The lowest BCUT2D eigenvalue weighted by atomic mass is 10.2. The molecule has 3 aromatic rings. The van der Waals surface area contributed by atoms with Gasteiger partial charge in [0.05, 0.1) is 4.90 Å². The number of hydrogen-bond donors (Lipinski definition) is 2. The molecule has 0 radical (unpaired) electrons. The topological polar surface area (TPSA) is 84.5 Å². The minimum atomic E-state index is -3.74. The van der Waals surface area contributed by atoms with Crippen LogP contribution in [0.15, 0.2) is 77.7 Å². The van der Waals surface area contributed by atoms with E-state index >= 15 is 0 Å². The highest BCUT2D eigenvalue weighted by Crippen LogP contribution is 2.19. The lowest BCUT2D eigenvalue weighted by Crippen LogP contribution is -2.20. The molecule has 0 bridgehead atoms. The number of benzene rings is 3. The first-order valence-electron chi connectivity index (χ1n) is 8.70. The summed E-state index contributed by atoms with van der Waals surface area (Å²) in [5.41, 5.74) is 1.83. The number of ether oxygens (including phenoxy) is 1. The molecular formula is C21H19FN2O4S. The second-order valence-electron chi connectivity index (χ2n) is 6.29. The molecule has 0 atom stereocenters. The minimum Gasteiger partial charge on any atom is -0.484 e. The first-order valence-corrected chi connectivity index (χ1v) is 10.2. The Balaban J connectivity index is 1.58. The van der Waals surface area contributed by atoms with Crippen molar-refractivity contribution in [2.45, 2.75) is 11.8 Å². The third-order valence-corrected chi connectivity index (χ3v) is 5.30. The number of anilines is 2. The normalized spacial score (nSPS) is 11.0. The van der Waals surface area contributed by atoms with Crippen LogP contribution in [0.25, 0.3) is 0 Å². The van der Waals surface area contributed by atoms with Gasteiger partial charge in [-0.25, -0.2) is 12.8 Å². The highest BCUT2D eigenvalue weighted by Gasteiger charge is 2.14. The molecular weight excluding hydrogens is 395 g/mol. The Morgan fingerprint density at radius 1 is 0.966 bits per heavy atom. The van der Waals surface area contributed by atoms with Crippen molar-refractivity contribution in [3.63, 3.8) is 0 Å². The molecule has 150 valence electrons. The van der Waals surface area contributed by atoms with E-state index in [4.69, 9.17) is 4.74 Å². The zero-order valence-corrected chi connectivity index (χ0v) is 16.4. The molecule has 0 aliphatic heterocycles. The number of halogens is 1. The van der Waals surface area contributed by atoms with Gasteiger partial charge in [0, 0.05) is 11.4 Å². The number of amides is 1. The average Bonchev–Trinajstić information content (AvgIpc) is 2.68. The average molecular weight is 414 g/mol. The third kappa shape index (κ3) is 5.79. The summed E-state index contributed by atoms with van der Waals surface area (Å²) in [6, 6.07) is 18.1. The molecule has 1 amide bonds. The Labute approximate surface area is 168 Å². The van der Waals surface area contributed by atoms with Gasteiger partial charge in [-0.15, -0.1) is 0 Å². The number of sulfonamides is 1. The van der Waals surface area contributed by atoms with Crippen molar-refractivity contribution in [2.75, 3.05) is 16.6 Å². The maximum absolute atomic E-state index is 12.8. The highest BCUT2D eigenvalue weighted by atomic mass is 32.2. The lowest BCUT2D eigenvalue weighted by molar-refractivity contribution is -0.118. The Morgan fingerprint density at radius 3 is 2.31 bits per heavy atom. The molecule has 0 saturated heterocycles. The van der Waals surface area contributed by atoms with Crippen molar-refractivity contribution in [3.05, 3.63) is 84.2 Å². The summed E-state index contributed by atoms with van der Waals surface area (Å²) < 4.78 is 45.6. The van der Waals surface area contributed by atoms with Crippen LogP contribution in [0, 0.1) is 12.7 Å². The fraction of sp³-hybridized carbons (Fsp3) is 0.0952. The Kier molecular flexibility index (Phi) is 6.13. The molecule has 8 heteroatoms. The second kappa shape index (κ2) is 8.74. The number of aryl methyl sites for hydroxylation is 1. The van der Waals surface area contributed by atoms with Crippen molar-refractivity contribution in [1.29, 1.82) is 0 Å². The molecule has 0 spiro atoms. The standard InChI is InChI=1S/C21H19FN2O4S/c1-15-3-2-4-18(13-15)24-29(26,27)20-11-7-17(8-12-20)23-21(25)14-28-19-9-5-16(22)6-10-19/h2-13,24H,14H2,1H3,(H,23,25). The fourth-order valence-electron chi connectivity index (χ4n) is 2.52. The van der Waals surface area contributed by atoms with Crippen LogP contribution in [0.2, 0.25) is 0 Å². The fourth-order valence-corrected chi connectivity index (χ4v) is 3.57. The minimum absolute atomic E-state index is 0.0690. The zero-order chi connectivity index (χ0) is 20.9. The summed E-state index contributed by atoms with van der Waals surface area (Å²) in [6.07, 6.45) is 0. The van der Waals surface area contributed by atoms with Crippen molar-refractivity contribution in [3.8, 4) is 5.75 Å². The van der Waals surface area contributed by atoms with E-state index in [2.05, 4.69) is 10.0 Å². The van der Waals surface area contributed by atoms with Crippen LogP contribution in [0.1, 0.15) is 5.56 Å². The predicted octanol–water partition coefficient (Wildman–Crippen LogP) is 3.95. The maximum atomic E-state index is 12.8. The van der Waals surface area contributed by atoms with Crippen LogP contribution < -0.4 is 14.8 Å². The molecule has 29 heavy (non-hydrogen) atoms. The first-order chi connectivity index (χ1) is 13.8. The van der Waals surface area contributed by atoms with Crippen LogP contribution >= 0.6 is 0 Å². The van der Waals surface area contributed by atoms with E-state index in [0.717, 1.165) is 5.56 Å². The summed E-state index contributed by atoms with van der Waals surface area (Å²) in [7, 11) is -3.74. The molecule has 0 aliphatic carbocycles. The van der Waals surface area contributed by atoms with Crippen molar-refractivity contribution in [2.24, 2.45) is 0 Å². The molecule has 0 heterocycles. The molecule has 0 unspecified atom stereocenters. The van der Waals surface area contributed by atoms with Crippen LogP contribution in [0.4, 0.5) is 15.8 Å². The summed E-state index contributed by atoms with van der Waals surface area (Å²) in [4.78, 5) is 12.0. The van der Waals surface area contributed by atoms with Crippen molar-refractivity contribution in [1.82, 2.24) is 0 Å². The van der Waals surface area contributed by atoms with Crippen molar-refractivity contribution < 1.29 is 22.3 Å². The third-order valence-electron chi connectivity index (χ3n) is 3.90. The summed E-state index contributed by atoms with van der Waals surface area (Å²) in [5.74, 6) is -0.457. The predicted molar refractivity (Wildman–Crippen MR) is 109 cm³/mol. The second-order valence-corrected chi connectivity index (χ2v) is 7.97. The largest absolute Gasteiger partial charge is 0.484 e. The number of hydrogen-bond acceptors (Lipinski definition) is 4. The molecule has 0 aromatic heterocycles. The van der Waals surface area contributed by atoms with Crippen LogP contribution in [-0.2, 0) is 14.8 Å². The van der Waals surface area contributed by atoms with Gasteiger partial charge >= 0.3 is 0 Å². The molecule has 0 aliphatic rings. The molecule has 0 fully saturated rings. The first kappa shape index (κ1) is 20.3. The van der Waals surface area contributed by atoms with E-state index in [1.165, 1.54) is 48.5 Å². The van der Waals surface area contributed by atoms with Gasteiger partial charge in [-0.1, -0.05) is 12.1 Å². The van der Waals surface area contributed by atoms with Gasteiger partial charge in [0.1, 0.15) is 11.6 Å². The summed E-state index contributed by atoms with van der Waals surface area (Å²) >= 11 is 0. The van der Waals surface area contributed by atoms with E-state index in [9.17, 15) is 17.6 Å². The zero-order valence-electron chi connectivity index (χ0n) is 15.6. The van der Waals surface area contributed by atoms with Gasteiger partial charge in [0.2, 0.25) is 0 Å². The van der Waals surface area contributed by atoms with Gasteiger partial charge in [0.25, 0.3) is 15.9 Å². The lowest BCUT2D eigenvalue weighted by Gasteiger charge is -2.10. The summed E-state index contributed by atoms with van der Waals surface area (Å²) in [5, 5.41) is 2.61. The Bertz CT molecular complexity index is 1100. The van der Waals surface area contributed by atoms with Gasteiger partial charge in [-0.3, -0.25) is 9.52 Å². The smallest absolute Gasteiger partial charge is 0.262 e. The van der Waals surface area contributed by atoms with E-state index in [-0.39, 0.29) is 11.5 Å². The van der Waals surface area contributed by atoms with Gasteiger partial charge in [-0.05, 0) is 73.2 Å². The number of nitrogens with one attached hydrogen (secondary N) is 2. The molecule has 2 N–H and O–H groups in total.